The number of carboxylic acid groups (broad SMARTS) is 1. The Morgan fingerprint density at radius 1 is 1.18 bits per heavy atom. The molecule has 1 saturated heterocycles. The van der Waals surface area contributed by atoms with Crippen molar-refractivity contribution in [1.82, 2.24) is 14.9 Å². The van der Waals surface area contributed by atoms with E-state index in [0.717, 1.165) is 48.9 Å². The molecule has 1 aliphatic heterocycles. The van der Waals surface area contributed by atoms with Crippen molar-refractivity contribution in [2.75, 3.05) is 38.2 Å². The van der Waals surface area contributed by atoms with Crippen LogP contribution in [0.25, 0.3) is 16.7 Å². The van der Waals surface area contributed by atoms with Gasteiger partial charge in [-0.1, -0.05) is 12.1 Å². The lowest BCUT2D eigenvalue weighted by molar-refractivity contribution is -0.255. The van der Waals surface area contributed by atoms with Crippen LogP contribution in [-0.4, -0.2) is 48.8 Å². The van der Waals surface area contributed by atoms with E-state index in [1.807, 2.05) is 23.6 Å². The zero-order valence-corrected chi connectivity index (χ0v) is 16.0. The van der Waals surface area contributed by atoms with Crippen LogP contribution >= 0.6 is 0 Å². The molecular formula is C21H23N4O3-. The first kappa shape index (κ1) is 18.5. The Bertz CT molecular complexity index is 1010. The highest BCUT2D eigenvalue weighted by molar-refractivity contribution is 5.91. The molecule has 2 heterocycles. The molecule has 146 valence electrons. The summed E-state index contributed by atoms with van der Waals surface area (Å²) < 4.78 is 7.56. The van der Waals surface area contributed by atoms with Crippen molar-refractivity contribution in [3.8, 4) is 5.69 Å². The predicted octanol–water partition coefficient (Wildman–Crippen LogP) is 1.51. The molecule has 1 fully saturated rings. The molecular weight excluding hydrogens is 356 g/mol. The van der Waals surface area contributed by atoms with Gasteiger partial charge in [-0.15, -0.1) is 0 Å². The quantitative estimate of drug-likeness (QED) is 0.724. The molecule has 1 atom stereocenters. The molecule has 0 amide bonds. The molecule has 1 N–H and O–H groups in total. The number of aromatic carboxylic acids is 1. The second-order valence-corrected chi connectivity index (χ2v) is 6.93. The third-order valence-corrected chi connectivity index (χ3v) is 5.20. The number of methoxy groups -OCH3 is 1. The number of ether oxygens (including phenoxy) is 1. The second kappa shape index (κ2) is 7.61. The number of fused-ring (bicyclic) bond motifs is 1. The van der Waals surface area contributed by atoms with E-state index < -0.39 is 5.97 Å². The summed E-state index contributed by atoms with van der Waals surface area (Å²) in [5.74, 6) is -0.482. The number of rotatable bonds is 5. The fourth-order valence-electron chi connectivity index (χ4n) is 3.63. The summed E-state index contributed by atoms with van der Waals surface area (Å²) in [6.45, 7) is 5.79. The SMILES string of the molecule is COC(C)c1nc2cc(C(=O)[O-])ccc2n1-c1cccc(N2CCNCC2)c1. The van der Waals surface area contributed by atoms with Crippen LogP contribution in [0.15, 0.2) is 42.5 Å². The van der Waals surface area contributed by atoms with E-state index in [9.17, 15) is 9.90 Å². The fourth-order valence-corrected chi connectivity index (χ4v) is 3.63. The summed E-state index contributed by atoms with van der Waals surface area (Å²) in [6.07, 6.45) is -0.248. The Balaban J connectivity index is 1.85. The van der Waals surface area contributed by atoms with Crippen molar-refractivity contribution in [2.24, 2.45) is 0 Å². The van der Waals surface area contributed by atoms with Gasteiger partial charge in [-0.25, -0.2) is 4.98 Å². The van der Waals surface area contributed by atoms with E-state index in [-0.39, 0.29) is 11.7 Å². The molecule has 7 heteroatoms. The number of benzene rings is 2. The normalized spacial score (nSPS) is 15.7. The second-order valence-electron chi connectivity index (χ2n) is 6.93. The zero-order chi connectivity index (χ0) is 19.7. The van der Waals surface area contributed by atoms with E-state index in [1.54, 1.807) is 25.3 Å². The van der Waals surface area contributed by atoms with Gasteiger partial charge in [0.2, 0.25) is 0 Å². The molecule has 7 nitrogen and oxygen atoms in total. The Kier molecular flexibility index (Phi) is 5.02. The number of hydrogen-bond donors (Lipinski definition) is 1. The molecule has 1 aromatic heterocycles. The number of aromatic nitrogens is 2. The van der Waals surface area contributed by atoms with Crippen LogP contribution in [0.2, 0.25) is 0 Å². The highest BCUT2D eigenvalue weighted by Crippen LogP contribution is 2.29. The molecule has 0 spiro atoms. The summed E-state index contributed by atoms with van der Waals surface area (Å²) in [5.41, 5.74) is 3.68. The number of hydrogen-bond acceptors (Lipinski definition) is 6. The number of carboxylic acids is 1. The van der Waals surface area contributed by atoms with Crippen molar-refractivity contribution in [3.05, 3.63) is 53.9 Å². The maximum absolute atomic E-state index is 11.2. The van der Waals surface area contributed by atoms with Gasteiger partial charge in [0, 0.05) is 44.7 Å². The first-order valence-electron chi connectivity index (χ1n) is 9.41. The molecule has 0 saturated carbocycles. The van der Waals surface area contributed by atoms with E-state index in [2.05, 4.69) is 27.3 Å². The van der Waals surface area contributed by atoms with Gasteiger partial charge in [-0.2, -0.15) is 0 Å². The lowest BCUT2D eigenvalue weighted by atomic mass is 10.2. The molecule has 1 aliphatic rings. The largest absolute Gasteiger partial charge is 0.545 e. The first-order chi connectivity index (χ1) is 13.6. The minimum atomic E-state index is -1.21. The zero-order valence-electron chi connectivity index (χ0n) is 16.0. The average molecular weight is 379 g/mol. The summed E-state index contributed by atoms with van der Waals surface area (Å²) in [5, 5.41) is 14.6. The van der Waals surface area contributed by atoms with E-state index in [1.165, 1.54) is 0 Å². The summed E-state index contributed by atoms with van der Waals surface area (Å²) in [6, 6.07) is 13.2. The van der Waals surface area contributed by atoms with Crippen LogP contribution in [0.5, 0.6) is 0 Å². The number of nitrogens with zero attached hydrogens (tertiary/aromatic N) is 3. The number of piperazine rings is 1. The smallest absolute Gasteiger partial charge is 0.143 e. The first-order valence-corrected chi connectivity index (χ1v) is 9.41. The lowest BCUT2D eigenvalue weighted by Crippen LogP contribution is -2.43. The van der Waals surface area contributed by atoms with Gasteiger partial charge in [0.1, 0.15) is 11.9 Å². The number of imidazole rings is 1. The van der Waals surface area contributed by atoms with Crippen molar-refractivity contribution in [3.63, 3.8) is 0 Å². The van der Waals surface area contributed by atoms with Gasteiger partial charge >= 0.3 is 0 Å². The highest BCUT2D eigenvalue weighted by atomic mass is 16.5. The fraction of sp³-hybridized carbons (Fsp3) is 0.333. The molecule has 2 aromatic carbocycles. The van der Waals surface area contributed by atoms with Gasteiger partial charge < -0.3 is 24.9 Å². The van der Waals surface area contributed by atoms with Gasteiger partial charge in [0.05, 0.1) is 17.0 Å². The summed E-state index contributed by atoms with van der Waals surface area (Å²) in [7, 11) is 1.64. The predicted molar refractivity (Wildman–Crippen MR) is 106 cm³/mol. The molecule has 4 rings (SSSR count). The van der Waals surface area contributed by atoms with Gasteiger partial charge in [0.15, 0.2) is 0 Å². The van der Waals surface area contributed by atoms with Crippen LogP contribution in [0.3, 0.4) is 0 Å². The van der Waals surface area contributed by atoms with Crippen LogP contribution in [0.1, 0.15) is 29.2 Å². The van der Waals surface area contributed by atoms with Gasteiger partial charge in [0.25, 0.3) is 0 Å². The minimum Gasteiger partial charge on any atom is -0.545 e. The monoisotopic (exact) mass is 379 g/mol. The molecule has 0 aliphatic carbocycles. The topological polar surface area (TPSA) is 82.5 Å². The third-order valence-electron chi connectivity index (χ3n) is 5.20. The Labute approximate surface area is 163 Å². The molecule has 0 bridgehead atoms. The number of nitrogens with one attached hydrogen (secondary N) is 1. The Morgan fingerprint density at radius 3 is 2.64 bits per heavy atom. The van der Waals surface area contributed by atoms with E-state index in [0.29, 0.717) is 5.52 Å². The maximum Gasteiger partial charge on any atom is 0.143 e. The highest BCUT2D eigenvalue weighted by Gasteiger charge is 2.19. The van der Waals surface area contributed by atoms with E-state index >= 15 is 0 Å². The van der Waals surface area contributed by atoms with Crippen LogP contribution in [-0.2, 0) is 4.74 Å². The van der Waals surface area contributed by atoms with Gasteiger partial charge in [-0.05, 0) is 42.8 Å². The molecule has 1 unspecified atom stereocenters. The third kappa shape index (κ3) is 3.34. The maximum atomic E-state index is 11.2. The van der Waals surface area contributed by atoms with Crippen molar-refractivity contribution < 1.29 is 14.6 Å². The number of anilines is 1. The average Bonchev–Trinajstić information content (AvgIpc) is 3.12. The standard InChI is InChI=1S/C21H24N4O3/c1-14(28-2)20-23-18-12-15(21(26)27)6-7-19(18)25(20)17-5-3-4-16(13-17)24-10-8-22-9-11-24/h3-7,12-14,22H,8-11H2,1-2H3,(H,26,27)/p-1. The van der Waals surface area contributed by atoms with Crippen molar-refractivity contribution in [2.45, 2.75) is 13.0 Å². The number of carbonyl (C=O) groups excluding carboxylic acids is 1. The van der Waals surface area contributed by atoms with Crippen LogP contribution in [0.4, 0.5) is 5.69 Å². The van der Waals surface area contributed by atoms with E-state index in [4.69, 9.17) is 4.74 Å². The summed E-state index contributed by atoms with van der Waals surface area (Å²) >= 11 is 0. The molecule has 3 aromatic rings. The van der Waals surface area contributed by atoms with Gasteiger partial charge in [-0.3, -0.25) is 4.57 Å². The number of carbonyl (C=O) groups is 1. The Morgan fingerprint density at radius 2 is 1.93 bits per heavy atom. The molecule has 28 heavy (non-hydrogen) atoms. The van der Waals surface area contributed by atoms with Crippen LogP contribution in [0, 0.1) is 0 Å². The summed E-state index contributed by atoms with van der Waals surface area (Å²) in [4.78, 5) is 18.3. The Hall–Kier alpha value is -2.90. The lowest BCUT2D eigenvalue weighted by Gasteiger charge is -2.30. The molecule has 0 radical (unpaired) electrons. The van der Waals surface area contributed by atoms with Crippen molar-refractivity contribution in [1.29, 1.82) is 0 Å². The van der Waals surface area contributed by atoms with Crippen molar-refractivity contribution >= 4 is 22.7 Å². The minimum absolute atomic E-state index is 0.114. The van der Waals surface area contributed by atoms with Crippen LogP contribution < -0.4 is 15.3 Å².